The van der Waals surface area contributed by atoms with E-state index in [2.05, 4.69) is 15.7 Å². The Balaban J connectivity index is 1.65. The Labute approximate surface area is 159 Å². The lowest BCUT2D eigenvalue weighted by Crippen LogP contribution is -2.59. The fourth-order valence-electron chi connectivity index (χ4n) is 3.35. The summed E-state index contributed by atoms with van der Waals surface area (Å²) in [6.45, 7) is 9.47. The van der Waals surface area contributed by atoms with Gasteiger partial charge in [-0.1, -0.05) is 18.2 Å². The number of likely N-dealkylation sites (tertiary alicyclic amines) is 1. The minimum Gasteiger partial charge on any atom is -0.356 e. The van der Waals surface area contributed by atoms with Gasteiger partial charge in [-0.3, -0.25) is 14.5 Å². The Morgan fingerprint density at radius 3 is 2.52 bits per heavy atom. The van der Waals surface area contributed by atoms with Crippen molar-refractivity contribution in [3.05, 3.63) is 41.7 Å². The van der Waals surface area contributed by atoms with Crippen molar-refractivity contribution >= 4 is 17.5 Å². The van der Waals surface area contributed by atoms with E-state index in [-0.39, 0.29) is 23.8 Å². The normalized spacial score (nSPS) is 15.9. The van der Waals surface area contributed by atoms with E-state index in [1.54, 1.807) is 0 Å². The molecule has 1 saturated heterocycles. The topological polar surface area (TPSA) is 79.3 Å². The van der Waals surface area contributed by atoms with Gasteiger partial charge in [-0.15, -0.1) is 0 Å². The molecule has 0 aliphatic carbocycles. The molecule has 0 spiro atoms. The van der Waals surface area contributed by atoms with Crippen LogP contribution in [0.5, 0.6) is 0 Å². The highest BCUT2D eigenvalue weighted by Crippen LogP contribution is 2.24. The lowest BCUT2D eigenvalue weighted by atomic mass is 9.96. The molecule has 2 aromatic rings. The Morgan fingerprint density at radius 1 is 1.22 bits per heavy atom. The van der Waals surface area contributed by atoms with Crippen molar-refractivity contribution in [2.45, 2.75) is 33.7 Å². The number of para-hydroxylation sites is 1. The minimum absolute atomic E-state index is 0.0236. The maximum Gasteiger partial charge on any atom is 0.241 e. The highest BCUT2D eigenvalue weighted by molar-refractivity contribution is 5.96. The summed E-state index contributed by atoms with van der Waals surface area (Å²) >= 11 is 0. The minimum atomic E-state index is -0.297. The third-order valence-electron chi connectivity index (χ3n) is 5.10. The summed E-state index contributed by atoms with van der Waals surface area (Å²) in [6, 6.07) is 9.54. The molecule has 1 aromatic carbocycles. The number of benzene rings is 1. The number of carbonyl (C=O) groups is 2. The number of aryl methyl sites for hydroxylation is 1. The summed E-state index contributed by atoms with van der Waals surface area (Å²) in [5.41, 5.74) is 3.37. The zero-order chi connectivity index (χ0) is 19.6. The second-order valence-electron chi connectivity index (χ2n) is 7.00. The Hall–Kier alpha value is -2.67. The van der Waals surface area contributed by atoms with E-state index in [4.69, 9.17) is 0 Å². The molecule has 2 heterocycles. The van der Waals surface area contributed by atoms with Crippen LogP contribution in [0.25, 0.3) is 5.69 Å². The van der Waals surface area contributed by atoms with Gasteiger partial charge in [0.1, 0.15) is 0 Å². The smallest absolute Gasteiger partial charge is 0.241 e. The average Bonchev–Trinajstić information content (AvgIpc) is 2.89. The second kappa shape index (κ2) is 7.92. The first kappa shape index (κ1) is 19.1. The van der Waals surface area contributed by atoms with Crippen LogP contribution in [0.2, 0.25) is 0 Å². The zero-order valence-corrected chi connectivity index (χ0v) is 16.3. The van der Waals surface area contributed by atoms with Crippen molar-refractivity contribution in [2.24, 2.45) is 5.92 Å². The second-order valence-corrected chi connectivity index (χ2v) is 7.00. The lowest BCUT2D eigenvalue weighted by Gasteiger charge is -2.41. The number of hydrogen-bond acceptors (Lipinski definition) is 4. The molecule has 1 atom stereocenters. The molecule has 0 radical (unpaired) electrons. The first-order chi connectivity index (χ1) is 12.9. The van der Waals surface area contributed by atoms with Gasteiger partial charge in [-0.2, -0.15) is 5.10 Å². The van der Waals surface area contributed by atoms with Gasteiger partial charge in [0.05, 0.1) is 34.7 Å². The molecular formula is C20H27N5O2. The Bertz CT molecular complexity index is 824. The van der Waals surface area contributed by atoms with Gasteiger partial charge in [0.25, 0.3) is 0 Å². The molecular weight excluding hydrogens is 342 g/mol. The molecule has 144 valence electrons. The Morgan fingerprint density at radius 2 is 1.89 bits per heavy atom. The summed E-state index contributed by atoms with van der Waals surface area (Å²) in [4.78, 5) is 26.6. The van der Waals surface area contributed by atoms with E-state index in [1.165, 1.54) is 0 Å². The summed E-state index contributed by atoms with van der Waals surface area (Å²) < 4.78 is 1.84. The standard InChI is InChI=1S/C20H27N5O2/c1-5-21-20(27)16-11-24(12-16)15(4)19(26)22-18-13(2)23-25(14(18)3)17-9-7-6-8-10-17/h6-10,15-16H,5,11-12H2,1-4H3,(H,21,27)(H,22,26). The van der Waals surface area contributed by atoms with Crippen LogP contribution in [0.15, 0.2) is 30.3 Å². The van der Waals surface area contributed by atoms with Crippen LogP contribution >= 0.6 is 0 Å². The molecule has 2 N–H and O–H groups in total. The van der Waals surface area contributed by atoms with Gasteiger partial charge in [0.15, 0.2) is 0 Å². The molecule has 27 heavy (non-hydrogen) atoms. The molecule has 0 bridgehead atoms. The average molecular weight is 369 g/mol. The highest BCUT2D eigenvalue weighted by atomic mass is 16.2. The maximum atomic E-state index is 12.7. The number of nitrogens with zero attached hydrogens (tertiary/aromatic N) is 3. The van der Waals surface area contributed by atoms with Crippen molar-refractivity contribution < 1.29 is 9.59 Å². The summed E-state index contributed by atoms with van der Waals surface area (Å²) in [5, 5.41) is 10.4. The maximum absolute atomic E-state index is 12.7. The van der Waals surface area contributed by atoms with E-state index in [0.29, 0.717) is 19.6 Å². The van der Waals surface area contributed by atoms with Gasteiger partial charge in [0, 0.05) is 19.6 Å². The lowest BCUT2D eigenvalue weighted by molar-refractivity contribution is -0.135. The van der Waals surface area contributed by atoms with Crippen LogP contribution in [0, 0.1) is 19.8 Å². The number of aromatic nitrogens is 2. The van der Waals surface area contributed by atoms with E-state index in [9.17, 15) is 9.59 Å². The molecule has 1 fully saturated rings. The fraction of sp³-hybridized carbons (Fsp3) is 0.450. The SMILES string of the molecule is CCNC(=O)C1CN(C(C)C(=O)Nc2c(C)nn(-c3ccccc3)c2C)C1. The summed E-state index contributed by atoms with van der Waals surface area (Å²) in [7, 11) is 0. The van der Waals surface area contributed by atoms with Crippen molar-refractivity contribution in [1.82, 2.24) is 20.0 Å². The Kier molecular flexibility index (Phi) is 5.60. The van der Waals surface area contributed by atoms with Crippen LogP contribution in [0.3, 0.4) is 0 Å². The summed E-state index contributed by atoms with van der Waals surface area (Å²) in [5.74, 6) is -0.0372. The van der Waals surface area contributed by atoms with E-state index in [1.807, 2.05) is 67.6 Å². The van der Waals surface area contributed by atoms with E-state index >= 15 is 0 Å². The van der Waals surface area contributed by atoms with Crippen LogP contribution in [0.4, 0.5) is 5.69 Å². The number of carbonyl (C=O) groups excluding carboxylic acids is 2. The van der Waals surface area contributed by atoms with Crippen molar-refractivity contribution in [3.8, 4) is 5.69 Å². The summed E-state index contributed by atoms with van der Waals surface area (Å²) in [6.07, 6.45) is 0. The number of rotatable bonds is 6. The first-order valence-corrected chi connectivity index (χ1v) is 9.36. The third kappa shape index (κ3) is 3.88. The molecule has 0 saturated carbocycles. The zero-order valence-electron chi connectivity index (χ0n) is 16.3. The quantitative estimate of drug-likeness (QED) is 0.815. The number of hydrogen-bond donors (Lipinski definition) is 2. The van der Waals surface area contributed by atoms with Gasteiger partial charge in [-0.25, -0.2) is 4.68 Å². The monoisotopic (exact) mass is 369 g/mol. The molecule has 1 unspecified atom stereocenters. The molecule has 3 rings (SSSR count). The van der Waals surface area contributed by atoms with Crippen LogP contribution in [-0.4, -0.2) is 52.2 Å². The molecule has 2 amide bonds. The highest BCUT2D eigenvalue weighted by Gasteiger charge is 2.37. The molecule has 7 heteroatoms. The number of nitrogens with one attached hydrogen (secondary N) is 2. The predicted molar refractivity (Wildman–Crippen MR) is 105 cm³/mol. The van der Waals surface area contributed by atoms with Crippen LogP contribution < -0.4 is 10.6 Å². The number of amides is 2. The molecule has 1 aromatic heterocycles. The third-order valence-corrected chi connectivity index (χ3v) is 5.10. The largest absolute Gasteiger partial charge is 0.356 e. The molecule has 7 nitrogen and oxygen atoms in total. The van der Waals surface area contributed by atoms with E-state index in [0.717, 1.165) is 22.8 Å². The van der Waals surface area contributed by atoms with Crippen molar-refractivity contribution in [2.75, 3.05) is 25.0 Å². The van der Waals surface area contributed by atoms with Crippen LogP contribution in [-0.2, 0) is 9.59 Å². The first-order valence-electron chi connectivity index (χ1n) is 9.36. The van der Waals surface area contributed by atoms with Gasteiger partial charge in [0.2, 0.25) is 11.8 Å². The molecule has 1 aliphatic rings. The van der Waals surface area contributed by atoms with Gasteiger partial charge >= 0.3 is 0 Å². The van der Waals surface area contributed by atoms with Gasteiger partial charge in [-0.05, 0) is 39.8 Å². The van der Waals surface area contributed by atoms with Gasteiger partial charge < -0.3 is 10.6 Å². The van der Waals surface area contributed by atoms with Crippen molar-refractivity contribution in [1.29, 1.82) is 0 Å². The number of anilines is 1. The van der Waals surface area contributed by atoms with Crippen LogP contribution in [0.1, 0.15) is 25.2 Å². The van der Waals surface area contributed by atoms with E-state index < -0.39 is 0 Å². The molecule has 1 aliphatic heterocycles. The van der Waals surface area contributed by atoms with Crippen molar-refractivity contribution in [3.63, 3.8) is 0 Å². The predicted octanol–water partition coefficient (Wildman–Crippen LogP) is 1.88. The fourth-order valence-corrected chi connectivity index (χ4v) is 3.35.